The number of allylic oxidation sites excluding steroid dienone is 2. The molecule has 0 aromatic carbocycles. The van der Waals surface area contributed by atoms with E-state index in [9.17, 15) is 54.9 Å². The predicted molar refractivity (Wildman–Crippen MR) is 156 cm³/mol. The van der Waals surface area contributed by atoms with Gasteiger partial charge in [-0.05, 0) is 38.7 Å². The van der Waals surface area contributed by atoms with Crippen LogP contribution in [0.1, 0.15) is 34.1 Å². The second kappa shape index (κ2) is 12.1. The summed E-state index contributed by atoms with van der Waals surface area (Å²) < 4.78 is 33.8. The molecule has 3 aliphatic carbocycles. The van der Waals surface area contributed by atoms with E-state index in [-0.39, 0.29) is 12.0 Å². The van der Waals surface area contributed by atoms with E-state index >= 15 is 0 Å². The van der Waals surface area contributed by atoms with Gasteiger partial charge in [-0.3, -0.25) is 4.79 Å². The lowest BCUT2D eigenvalue weighted by molar-refractivity contribution is -0.302. The first-order chi connectivity index (χ1) is 22.9. The Morgan fingerprint density at radius 3 is 2.29 bits per heavy atom. The fourth-order valence-corrected chi connectivity index (χ4v) is 9.65. The van der Waals surface area contributed by atoms with Gasteiger partial charge in [-0.15, -0.1) is 0 Å². The number of esters is 3. The van der Waals surface area contributed by atoms with Crippen molar-refractivity contribution in [1.29, 1.82) is 0 Å². The molecule has 2 bridgehead atoms. The van der Waals surface area contributed by atoms with Gasteiger partial charge >= 0.3 is 17.9 Å². The SMILES string of the molecule is COC(=O)[C@]12OC[C@]34[C@H]([C@@H](O)[C@@H]1O)[C@@]1(C)[C@H](O)C(=O)C(OC5O[C@H](CO)[C@@H](O)[C@H](O)[C@H]5O)=C(C)[C@@H]1C[C@H]3OC(=O)[C@H](OC(=O)C=C(C)C)[C@@H]24. The third-order valence-electron chi connectivity index (χ3n) is 11.7. The molecular weight excluding hydrogens is 656 g/mol. The second-order valence-electron chi connectivity index (χ2n) is 14.3. The van der Waals surface area contributed by atoms with Crippen LogP contribution in [0.5, 0.6) is 0 Å². The highest BCUT2D eigenvalue weighted by Crippen LogP contribution is 2.73. The zero-order chi connectivity index (χ0) is 36.1. The summed E-state index contributed by atoms with van der Waals surface area (Å²) in [4.78, 5) is 54.2. The number of ketones is 1. The second-order valence-corrected chi connectivity index (χ2v) is 14.3. The van der Waals surface area contributed by atoms with Gasteiger partial charge in [0.25, 0.3) is 0 Å². The first-order valence-corrected chi connectivity index (χ1v) is 16.0. The lowest BCUT2D eigenvalue weighted by atomic mass is 9.37. The number of aliphatic hydroxyl groups excluding tert-OH is 7. The molecule has 1 spiro atoms. The van der Waals surface area contributed by atoms with Gasteiger partial charge in [0.1, 0.15) is 42.7 Å². The van der Waals surface area contributed by atoms with Crippen molar-refractivity contribution < 1.29 is 83.3 Å². The Morgan fingerprint density at radius 1 is 1.00 bits per heavy atom. The summed E-state index contributed by atoms with van der Waals surface area (Å²) in [6.07, 6.45) is -16.6. The predicted octanol–water partition coefficient (Wildman–Crippen LogP) is -3.25. The maximum atomic E-state index is 14.0. The van der Waals surface area contributed by atoms with Crippen LogP contribution in [0.15, 0.2) is 23.0 Å². The van der Waals surface area contributed by atoms with Crippen molar-refractivity contribution in [3.05, 3.63) is 23.0 Å². The first kappa shape index (κ1) is 35.8. The van der Waals surface area contributed by atoms with Gasteiger partial charge in [0.15, 0.2) is 5.76 Å². The van der Waals surface area contributed by atoms with Crippen molar-refractivity contribution in [2.75, 3.05) is 20.3 Å². The van der Waals surface area contributed by atoms with Crippen LogP contribution in [0.3, 0.4) is 0 Å². The number of Topliss-reactive ketones (excluding diaryl/α,β-unsaturated/α-hetero) is 1. The van der Waals surface area contributed by atoms with E-state index in [4.69, 9.17) is 28.4 Å². The quantitative estimate of drug-likeness (QED) is 0.0816. The smallest absolute Gasteiger partial charge is 0.348 e. The minimum absolute atomic E-state index is 0.134. The highest BCUT2D eigenvalue weighted by Gasteiger charge is 2.86. The normalized spacial score (nSPS) is 48.5. The molecule has 0 amide bonds. The molecule has 3 aliphatic heterocycles. The van der Waals surface area contributed by atoms with Crippen LogP contribution < -0.4 is 0 Å². The lowest BCUT2D eigenvalue weighted by Crippen LogP contribution is -2.80. The fraction of sp³-hybridized carbons (Fsp3) is 0.750. The molecule has 3 saturated heterocycles. The number of methoxy groups -OCH3 is 1. The summed E-state index contributed by atoms with van der Waals surface area (Å²) >= 11 is 0. The molecule has 0 radical (unpaired) electrons. The van der Waals surface area contributed by atoms with E-state index < -0.39 is 138 Å². The Hall–Kier alpha value is -3.00. The Morgan fingerprint density at radius 2 is 1.67 bits per heavy atom. The molecular formula is C32H42O17. The maximum Gasteiger partial charge on any atom is 0.348 e. The molecule has 0 aromatic heterocycles. The standard InChI is InChI=1S/C32H42O17/c1-10(2)6-15(34)48-22-24-31-9-45-32(24,29(43)44-5)26(41)20(39)23(31)30(4)12(7-14(31)47-27(22)42)11(3)21(19(38)25(30)40)49-28-18(37)17(36)16(35)13(8-33)46-28/h6,12-14,16-18,20,22-26,28,33,35-37,39-41H,7-9H2,1-5H3/t12-,13+,14+,16+,17-,18+,20+,22+,23+,24+,25+,26-,28?,30-,31+,32+/m0/s1. The van der Waals surface area contributed by atoms with E-state index in [2.05, 4.69) is 0 Å². The number of rotatable bonds is 6. The van der Waals surface area contributed by atoms with Crippen molar-refractivity contribution >= 4 is 23.7 Å². The van der Waals surface area contributed by atoms with E-state index in [0.29, 0.717) is 5.57 Å². The van der Waals surface area contributed by atoms with Crippen molar-refractivity contribution in [2.45, 2.75) is 101 Å². The number of aliphatic hydroxyl groups is 7. The highest BCUT2D eigenvalue weighted by molar-refractivity contribution is 5.99. The molecule has 5 fully saturated rings. The number of hydrogen-bond acceptors (Lipinski definition) is 17. The molecule has 6 rings (SSSR count). The molecule has 2 saturated carbocycles. The van der Waals surface area contributed by atoms with Crippen molar-refractivity contribution in [3.63, 3.8) is 0 Å². The average Bonchev–Trinajstić information content (AvgIpc) is 3.36. The Balaban J connectivity index is 1.48. The molecule has 49 heavy (non-hydrogen) atoms. The molecule has 7 N–H and O–H groups in total. The van der Waals surface area contributed by atoms with E-state index in [0.717, 1.165) is 13.2 Å². The number of hydrogen-bond donors (Lipinski definition) is 7. The largest absolute Gasteiger partial charge is 0.467 e. The molecule has 17 heteroatoms. The topological polar surface area (TPSA) is 265 Å². The fourth-order valence-electron chi connectivity index (χ4n) is 9.65. The highest BCUT2D eigenvalue weighted by atomic mass is 16.7. The Bertz CT molecular complexity index is 1490. The summed E-state index contributed by atoms with van der Waals surface area (Å²) in [5, 5.41) is 76.2. The van der Waals surface area contributed by atoms with Gasteiger partial charge in [0, 0.05) is 22.8 Å². The maximum absolute atomic E-state index is 14.0. The van der Waals surface area contributed by atoms with Crippen LogP contribution in [-0.2, 0) is 47.6 Å². The summed E-state index contributed by atoms with van der Waals surface area (Å²) in [6.45, 7) is 5.01. The molecule has 3 heterocycles. The number of fused-ring (bicyclic) bond motifs is 2. The minimum atomic E-state index is -2.41. The molecule has 17 nitrogen and oxygen atoms in total. The van der Waals surface area contributed by atoms with E-state index in [1.807, 2.05) is 0 Å². The van der Waals surface area contributed by atoms with Gasteiger partial charge < -0.3 is 64.2 Å². The minimum Gasteiger partial charge on any atom is -0.467 e. The van der Waals surface area contributed by atoms with Crippen LogP contribution in [0.25, 0.3) is 0 Å². The van der Waals surface area contributed by atoms with Crippen LogP contribution in [0.2, 0.25) is 0 Å². The zero-order valence-corrected chi connectivity index (χ0v) is 27.4. The van der Waals surface area contributed by atoms with Crippen molar-refractivity contribution in [1.82, 2.24) is 0 Å². The van der Waals surface area contributed by atoms with E-state index in [1.54, 1.807) is 13.8 Å². The molecule has 1 unspecified atom stereocenters. The molecule has 16 atom stereocenters. The zero-order valence-electron chi connectivity index (χ0n) is 27.4. The number of carbonyl (C=O) groups excluding carboxylic acids is 4. The van der Waals surface area contributed by atoms with Crippen LogP contribution >= 0.6 is 0 Å². The molecule has 0 aromatic rings. The van der Waals surface area contributed by atoms with Crippen LogP contribution in [-0.4, -0.2) is 147 Å². The Kier molecular flexibility index (Phi) is 8.81. The van der Waals surface area contributed by atoms with Gasteiger partial charge in [-0.2, -0.15) is 0 Å². The number of carbonyl (C=O) groups is 4. The van der Waals surface area contributed by atoms with Gasteiger partial charge in [-0.25, -0.2) is 14.4 Å². The summed E-state index contributed by atoms with van der Waals surface area (Å²) in [7, 11) is 1.02. The van der Waals surface area contributed by atoms with Crippen LogP contribution in [0.4, 0.5) is 0 Å². The van der Waals surface area contributed by atoms with Gasteiger partial charge in [0.05, 0.1) is 32.3 Å². The number of ether oxygens (including phenoxy) is 6. The molecule has 272 valence electrons. The van der Waals surface area contributed by atoms with Crippen molar-refractivity contribution in [2.24, 2.45) is 28.6 Å². The third kappa shape index (κ3) is 4.63. The third-order valence-corrected chi connectivity index (χ3v) is 11.7. The summed E-state index contributed by atoms with van der Waals surface area (Å²) in [5.74, 6) is -8.42. The summed E-state index contributed by atoms with van der Waals surface area (Å²) in [6, 6.07) is 0. The van der Waals surface area contributed by atoms with Gasteiger partial charge in [-0.1, -0.05) is 12.5 Å². The van der Waals surface area contributed by atoms with Crippen LogP contribution in [0, 0.1) is 28.6 Å². The molecule has 6 aliphatic rings. The lowest BCUT2D eigenvalue weighted by Gasteiger charge is -2.67. The Labute approximate surface area is 280 Å². The van der Waals surface area contributed by atoms with Crippen molar-refractivity contribution in [3.8, 4) is 0 Å². The van der Waals surface area contributed by atoms with E-state index in [1.165, 1.54) is 13.8 Å². The summed E-state index contributed by atoms with van der Waals surface area (Å²) in [5.41, 5.74) is -5.00. The first-order valence-electron chi connectivity index (χ1n) is 16.0. The average molecular weight is 699 g/mol. The van der Waals surface area contributed by atoms with Gasteiger partial charge in [0.2, 0.25) is 23.8 Å². The monoisotopic (exact) mass is 698 g/mol.